The quantitative estimate of drug-likeness (QED) is 0.469. The third-order valence-corrected chi connectivity index (χ3v) is 4.01. The van der Waals surface area contributed by atoms with Crippen molar-refractivity contribution in [2.24, 2.45) is 0 Å². The Kier molecular flexibility index (Phi) is 5.10. The van der Waals surface area contributed by atoms with Gasteiger partial charge in [0.15, 0.2) is 5.75 Å². The number of ether oxygens (including phenoxy) is 1. The van der Waals surface area contributed by atoms with E-state index in [4.69, 9.17) is 16.3 Å². The number of aromatic nitrogens is 1. The van der Waals surface area contributed by atoms with Gasteiger partial charge >= 0.3 is 5.97 Å². The molecule has 0 saturated carbocycles. The molecule has 1 heterocycles. The van der Waals surface area contributed by atoms with Gasteiger partial charge in [0.25, 0.3) is 5.95 Å². The molecule has 5 heteroatoms. The van der Waals surface area contributed by atoms with Crippen LogP contribution < -0.4 is 4.74 Å². The molecule has 3 nitrogen and oxygen atoms in total. The highest BCUT2D eigenvalue weighted by atomic mass is 35.5. The van der Waals surface area contributed by atoms with E-state index in [-0.39, 0.29) is 10.9 Å². The minimum Gasteiger partial charge on any atom is -0.418 e. The zero-order valence-corrected chi connectivity index (χ0v) is 14.3. The SMILES string of the molecule is CCc1ccc(-c2ccc(C(=O)Oc3ccc(Cl)nc3F)cc2)cc1. The molecule has 126 valence electrons. The Hall–Kier alpha value is -2.72. The molecule has 0 aliphatic heterocycles. The summed E-state index contributed by atoms with van der Waals surface area (Å²) in [6.45, 7) is 2.11. The predicted molar refractivity (Wildman–Crippen MR) is 95.4 cm³/mol. The lowest BCUT2D eigenvalue weighted by Gasteiger charge is -2.07. The van der Waals surface area contributed by atoms with Crippen molar-refractivity contribution < 1.29 is 13.9 Å². The number of pyridine rings is 1. The van der Waals surface area contributed by atoms with Gasteiger partial charge in [0.2, 0.25) is 0 Å². The second kappa shape index (κ2) is 7.45. The average molecular weight is 356 g/mol. The predicted octanol–water partition coefficient (Wildman–Crippen LogP) is 5.32. The van der Waals surface area contributed by atoms with Crippen molar-refractivity contribution in [2.75, 3.05) is 0 Å². The largest absolute Gasteiger partial charge is 0.418 e. The summed E-state index contributed by atoms with van der Waals surface area (Å²) in [5, 5.41) is -0.00394. The molecule has 0 spiro atoms. The maximum absolute atomic E-state index is 13.6. The Morgan fingerprint density at radius 3 is 2.16 bits per heavy atom. The van der Waals surface area contributed by atoms with Crippen molar-refractivity contribution in [3.63, 3.8) is 0 Å². The molecule has 1 aromatic heterocycles. The van der Waals surface area contributed by atoms with Crippen LogP contribution in [0, 0.1) is 5.95 Å². The second-order valence-electron chi connectivity index (χ2n) is 5.44. The van der Waals surface area contributed by atoms with Crippen molar-refractivity contribution in [1.29, 1.82) is 0 Å². The Balaban J connectivity index is 1.75. The molecule has 0 fully saturated rings. The van der Waals surface area contributed by atoms with E-state index in [0.29, 0.717) is 5.56 Å². The van der Waals surface area contributed by atoms with Gasteiger partial charge in [0.05, 0.1) is 5.56 Å². The van der Waals surface area contributed by atoms with Gasteiger partial charge in [-0.2, -0.15) is 4.39 Å². The van der Waals surface area contributed by atoms with E-state index < -0.39 is 11.9 Å². The van der Waals surface area contributed by atoms with E-state index in [1.54, 1.807) is 12.1 Å². The topological polar surface area (TPSA) is 39.2 Å². The van der Waals surface area contributed by atoms with Gasteiger partial charge in [-0.05, 0) is 47.4 Å². The lowest BCUT2D eigenvalue weighted by atomic mass is 10.0. The molecule has 0 bridgehead atoms. The smallest absolute Gasteiger partial charge is 0.343 e. The normalized spacial score (nSPS) is 10.5. The summed E-state index contributed by atoms with van der Waals surface area (Å²) < 4.78 is 18.6. The fourth-order valence-electron chi connectivity index (χ4n) is 2.37. The van der Waals surface area contributed by atoms with Gasteiger partial charge in [-0.15, -0.1) is 0 Å². The highest BCUT2D eigenvalue weighted by Gasteiger charge is 2.13. The minimum atomic E-state index is -0.923. The Bertz CT molecular complexity index is 893. The number of halogens is 2. The number of nitrogens with zero attached hydrogens (tertiary/aromatic N) is 1. The fraction of sp³-hybridized carbons (Fsp3) is 0.100. The van der Waals surface area contributed by atoms with E-state index in [9.17, 15) is 9.18 Å². The standard InChI is InChI=1S/C20H15ClFNO2/c1-2-13-3-5-14(6-4-13)15-7-9-16(10-8-15)20(24)25-17-11-12-18(21)23-19(17)22/h3-12H,2H2,1H3. The van der Waals surface area contributed by atoms with Gasteiger partial charge in [0, 0.05) is 0 Å². The maximum Gasteiger partial charge on any atom is 0.343 e. The third kappa shape index (κ3) is 4.03. The Morgan fingerprint density at radius 2 is 1.60 bits per heavy atom. The van der Waals surface area contributed by atoms with E-state index >= 15 is 0 Å². The highest BCUT2D eigenvalue weighted by molar-refractivity contribution is 6.29. The Morgan fingerprint density at radius 1 is 1.00 bits per heavy atom. The lowest BCUT2D eigenvalue weighted by molar-refractivity contribution is 0.0726. The molecule has 3 rings (SSSR count). The molecule has 0 aliphatic carbocycles. The van der Waals surface area contributed by atoms with Crippen LogP contribution in [0.3, 0.4) is 0 Å². The monoisotopic (exact) mass is 355 g/mol. The van der Waals surface area contributed by atoms with Crippen LogP contribution in [0.2, 0.25) is 5.15 Å². The second-order valence-corrected chi connectivity index (χ2v) is 5.83. The number of carbonyl (C=O) groups is 1. The number of carbonyl (C=O) groups excluding carboxylic acids is 1. The average Bonchev–Trinajstić information content (AvgIpc) is 2.64. The molecule has 0 aliphatic rings. The summed E-state index contributed by atoms with van der Waals surface area (Å²) in [5.41, 5.74) is 3.63. The molecule has 0 saturated heterocycles. The molecule has 2 aromatic carbocycles. The first-order chi connectivity index (χ1) is 12.1. The Labute approximate surface area is 150 Å². The summed E-state index contributed by atoms with van der Waals surface area (Å²) in [6, 6.07) is 17.8. The molecule has 0 amide bonds. The molecule has 0 unspecified atom stereocenters. The molecule has 0 N–H and O–H groups in total. The zero-order chi connectivity index (χ0) is 17.8. The number of esters is 1. The first kappa shape index (κ1) is 17.1. The van der Waals surface area contributed by atoms with Crippen molar-refractivity contribution in [3.05, 3.63) is 82.9 Å². The van der Waals surface area contributed by atoms with E-state index in [1.807, 2.05) is 24.3 Å². The first-order valence-corrected chi connectivity index (χ1v) is 8.18. The van der Waals surface area contributed by atoms with Gasteiger partial charge in [0.1, 0.15) is 5.15 Å². The number of benzene rings is 2. The van der Waals surface area contributed by atoms with Crippen LogP contribution in [0.4, 0.5) is 4.39 Å². The van der Waals surface area contributed by atoms with Gasteiger partial charge in [-0.3, -0.25) is 0 Å². The van der Waals surface area contributed by atoms with Crippen molar-refractivity contribution in [1.82, 2.24) is 4.98 Å². The van der Waals surface area contributed by atoms with E-state index in [0.717, 1.165) is 17.5 Å². The van der Waals surface area contributed by atoms with Crippen LogP contribution in [-0.4, -0.2) is 11.0 Å². The summed E-state index contributed by atoms with van der Waals surface area (Å²) in [5.74, 6) is -1.84. The zero-order valence-electron chi connectivity index (χ0n) is 13.5. The minimum absolute atomic E-state index is 0.00394. The van der Waals surface area contributed by atoms with Crippen LogP contribution >= 0.6 is 11.6 Å². The molecular formula is C20H15ClFNO2. The maximum atomic E-state index is 13.6. The number of hydrogen-bond donors (Lipinski definition) is 0. The van der Waals surface area contributed by atoms with Crippen LogP contribution in [0.5, 0.6) is 5.75 Å². The number of aryl methyl sites for hydroxylation is 1. The van der Waals surface area contributed by atoms with Gasteiger partial charge in [-0.25, -0.2) is 9.78 Å². The summed E-state index contributed by atoms with van der Waals surface area (Å²) in [6.07, 6.45) is 0.987. The molecule has 0 atom stereocenters. The van der Waals surface area contributed by atoms with Crippen LogP contribution in [0.25, 0.3) is 11.1 Å². The molecule has 0 radical (unpaired) electrons. The van der Waals surface area contributed by atoms with Crippen molar-refractivity contribution in [2.45, 2.75) is 13.3 Å². The van der Waals surface area contributed by atoms with Crippen LogP contribution in [0.1, 0.15) is 22.8 Å². The summed E-state index contributed by atoms with van der Waals surface area (Å²) >= 11 is 5.57. The van der Waals surface area contributed by atoms with E-state index in [1.165, 1.54) is 17.7 Å². The third-order valence-electron chi connectivity index (χ3n) is 3.80. The number of rotatable bonds is 4. The number of hydrogen-bond acceptors (Lipinski definition) is 3. The fourth-order valence-corrected chi connectivity index (χ4v) is 2.50. The van der Waals surface area contributed by atoms with Crippen molar-refractivity contribution in [3.8, 4) is 16.9 Å². The molecular weight excluding hydrogens is 341 g/mol. The first-order valence-electron chi connectivity index (χ1n) is 7.80. The molecule has 3 aromatic rings. The van der Waals surface area contributed by atoms with Crippen LogP contribution in [-0.2, 0) is 6.42 Å². The van der Waals surface area contributed by atoms with Crippen molar-refractivity contribution >= 4 is 17.6 Å². The van der Waals surface area contributed by atoms with Gasteiger partial charge < -0.3 is 4.74 Å². The van der Waals surface area contributed by atoms with E-state index in [2.05, 4.69) is 24.0 Å². The highest BCUT2D eigenvalue weighted by Crippen LogP contribution is 2.22. The lowest BCUT2D eigenvalue weighted by Crippen LogP contribution is -2.10. The molecule has 25 heavy (non-hydrogen) atoms. The summed E-state index contributed by atoms with van der Waals surface area (Å²) in [7, 11) is 0. The summed E-state index contributed by atoms with van der Waals surface area (Å²) in [4.78, 5) is 15.5. The van der Waals surface area contributed by atoms with Gasteiger partial charge in [-0.1, -0.05) is 54.9 Å². The van der Waals surface area contributed by atoms with Crippen LogP contribution in [0.15, 0.2) is 60.7 Å².